The Labute approximate surface area is 134 Å². The fourth-order valence-electron chi connectivity index (χ4n) is 2.15. The molecule has 0 spiro atoms. The third-order valence-electron chi connectivity index (χ3n) is 3.32. The van der Waals surface area contributed by atoms with Gasteiger partial charge in [-0.2, -0.15) is 0 Å². The molecule has 112 valence electrons. The average Bonchev–Trinajstić information content (AvgIpc) is 2.46. The van der Waals surface area contributed by atoms with E-state index in [2.05, 4.69) is 31.2 Å². The van der Waals surface area contributed by atoms with E-state index in [0.717, 1.165) is 45.9 Å². The van der Waals surface area contributed by atoms with Gasteiger partial charge in [0.05, 0.1) is 6.61 Å². The third kappa shape index (κ3) is 4.09. The van der Waals surface area contributed by atoms with Crippen LogP contribution in [0.15, 0.2) is 28.7 Å². The number of aromatic nitrogens is 2. The molecule has 2 rings (SSSR count). The monoisotopic (exact) mass is 349 g/mol. The van der Waals surface area contributed by atoms with E-state index in [1.807, 2.05) is 38.1 Å². The van der Waals surface area contributed by atoms with Gasteiger partial charge in [-0.25, -0.2) is 9.97 Å². The van der Waals surface area contributed by atoms with E-state index in [0.29, 0.717) is 6.61 Å². The SMILES string of the molecule is COCCNCc1c(C)nc(-c2ccccc2Br)nc1C. The maximum Gasteiger partial charge on any atom is 0.160 e. The largest absolute Gasteiger partial charge is 0.383 e. The Balaban J connectivity index is 2.23. The number of nitrogens with zero attached hydrogens (tertiary/aromatic N) is 2. The van der Waals surface area contributed by atoms with E-state index in [9.17, 15) is 0 Å². The first-order chi connectivity index (χ1) is 10.1. The van der Waals surface area contributed by atoms with Crippen LogP contribution in [0.3, 0.4) is 0 Å². The summed E-state index contributed by atoms with van der Waals surface area (Å²) in [6.45, 7) is 6.34. The van der Waals surface area contributed by atoms with E-state index in [1.165, 1.54) is 0 Å². The van der Waals surface area contributed by atoms with Crippen LogP contribution in [0.1, 0.15) is 17.0 Å². The number of rotatable bonds is 6. The van der Waals surface area contributed by atoms with Crippen molar-refractivity contribution in [2.45, 2.75) is 20.4 Å². The molecule has 0 bridgehead atoms. The average molecular weight is 350 g/mol. The standard InChI is InChI=1S/C16H20BrN3O/c1-11-14(10-18-8-9-21-3)12(2)20-16(19-11)13-6-4-5-7-15(13)17/h4-7,18H,8-10H2,1-3H3. The van der Waals surface area contributed by atoms with Crippen molar-refractivity contribution >= 4 is 15.9 Å². The van der Waals surface area contributed by atoms with E-state index >= 15 is 0 Å². The molecule has 1 heterocycles. The zero-order valence-corrected chi connectivity index (χ0v) is 14.2. The van der Waals surface area contributed by atoms with Crippen LogP contribution in [0.4, 0.5) is 0 Å². The molecule has 1 N–H and O–H groups in total. The highest BCUT2D eigenvalue weighted by molar-refractivity contribution is 9.10. The van der Waals surface area contributed by atoms with E-state index in [1.54, 1.807) is 7.11 Å². The maximum atomic E-state index is 5.03. The molecular weight excluding hydrogens is 330 g/mol. The molecule has 0 saturated carbocycles. The summed E-state index contributed by atoms with van der Waals surface area (Å²) in [5.41, 5.74) is 4.20. The molecule has 1 aromatic carbocycles. The van der Waals surface area contributed by atoms with Crippen molar-refractivity contribution in [2.24, 2.45) is 0 Å². The molecule has 0 aliphatic heterocycles. The van der Waals surface area contributed by atoms with Crippen LogP contribution in [-0.2, 0) is 11.3 Å². The molecular formula is C16H20BrN3O. The summed E-state index contributed by atoms with van der Waals surface area (Å²) in [5, 5.41) is 3.34. The molecule has 0 aliphatic rings. The number of halogens is 1. The highest BCUT2D eigenvalue weighted by Gasteiger charge is 2.11. The summed E-state index contributed by atoms with van der Waals surface area (Å²) < 4.78 is 6.04. The quantitative estimate of drug-likeness (QED) is 0.813. The number of ether oxygens (including phenoxy) is 1. The summed E-state index contributed by atoms with van der Waals surface area (Å²) in [7, 11) is 1.70. The van der Waals surface area contributed by atoms with Gasteiger partial charge < -0.3 is 10.1 Å². The van der Waals surface area contributed by atoms with Crippen molar-refractivity contribution < 1.29 is 4.74 Å². The van der Waals surface area contributed by atoms with E-state index in [4.69, 9.17) is 4.74 Å². The van der Waals surface area contributed by atoms with Crippen LogP contribution >= 0.6 is 15.9 Å². The number of nitrogens with one attached hydrogen (secondary N) is 1. The Kier molecular flexibility index (Phi) is 5.85. The highest BCUT2D eigenvalue weighted by atomic mass is 79.9. The molecule has 21 heavy (non-hydrogen) atoms. The lowest BCUT2D eigenvalue weighted by molar-refractivity contribution is 0.199. The second-order valence-corrected chi connectivity index (χ2v) is 5.70. The van der Waals surface area contributed by atoms with Crippen molar-refractivity contribution in [1.29, 1.82) is 0 Å². The molecule has 0 fully saturated rings. The summed E-state index contributed by atoms with van der Waals surface area (Å²) in [6.07, 6.45) is 0. The Morgan fingerprint density at radius 1 is 1.14 bits per heavy atom. The molecule has 0 saturated heterocycles. The first kappa shape index (κ1) is 16.1. The normalized spacial score (nSPS) is 10.9. The van der Waals surface area contributed by atoms with Crippen molar-refractivity contribution in [3.63, 3.8) is 0 Å². The predicted molar refractivity (Wildman–Crippen MR) is 88.2 cm³/mol. The first-order valence-corrected chi connectivity index (χ1v) is 7.71. The van der Waals surface area contributed by atoms with E-state index in [-0.39, 0.29) is 0 Å². The lowest BCUT2D eigenvalue weighted by Gasteiger charge is -2.12. The smallest absolute Gasteiger partial charge is 0.160 e. The number of hydrogen-bond acceptors (Lipinski definition) is 4. The number of aryl methyl sites for hydroxylation is 2. The van der Waals surface area contributed by atoms with Gasteiger partial charge >= 0.3 is 0 Å². The molecule has 0 amide bonds. The highest BCUT2D eigenvalue weighted by Crippen LogP contribution is 2.26. The van der Waals surface area contributed by atoms with E-state index < -0.39 is 0 Å². The van der Waals surface area contributed by atoms with Gasteiger partial charge in [-0.15, -0.1) is 0 Å². The minimum Gasteiger partial charge on any atom is -0.383 e. The van der Waals surface area contributed by atoms with Gasteiger partial charge in [0.15, 0.2) is 5.82 Å². The van der Waals surface area contributed by atoms with Crippen LogP contribution < -0.4 is 5.32 Å². The summed E-state index contributed by atoms with van der Waals surface area (Å²) in [5.74, 6) is 0.762. The number of hydrogen-bond donors (Lipinski definition) is 1. The number of methoxy groups -OCH3 is 1. The van der Waals surface area contributed by atoms with Gasteiger partial charge in [0, 0.05) is 47.2 Å². The lowest BCUT2D eigenvalue weighted by Crippen LogP contribution is -2.20. The van der Waals surface area contributed by atoms with Gasteiger partial charge in [-0.05, 0) is 19.9 Å². The Morgan fingerprint density at radius 3 is 2.43 bits per heavy atom. The summed E-state index contributed by atoms with van der Waals surface area (Å²) in [4.78, 5) is 9.30. The number of benzene rings is 1. The Hall–Kier alpha value is -1.30. The predicted octanol–water partition coefficient (Wildman–Crippen LogP) is 3.26. The zero-order chi connectivity index (χ0) is 15.2. The molecule has 1 aromatic heterocycles. The topological polar surface area (TPSA) is 47.0 Å². The molecule has 5 heteroatoms. The van der Waals surface area contributed by atoms with Gasteiger partial charge in [-0.3, -0.25) is 0 Å². The summed E-state index contributed by atoms with van der Waals surface area (Å²) >= 11 is 3.55. The fraction of sp³-hybridized carbons (Fsp3) is 0.375. The molecule has 0 unspecified atom stereocenters. The molecule has 2 aromatic rings. The zero-order valence-electron chi connectivity index (χ0n) is 12.6. The Bertz CT molecular complexity index is 593. The molecule has 4 nitrogen and oxygen atoms in total. The van der Waals surface area contributed by atoms with Crippen LogP contribution in [-0.4, -0.2) is 30.2 Å². The third-order valence-corrected chi connectivity index (χ3v) is 4.01. The minimum absolute atomic E-state index is 0.702. The molecule has 0 radical (unpaired) electrons. The second-order valence-electron chi connectivity index (χ2n) is 4.85. The van der Waals surface area contributed by atoms with Gasteiger partial charge in [0.2, 0.25) is 0 Å². The van der Waals surface area contributed by atoms with Gasteiger partial charge in [0.25, 0.3) is 0 Å². The van der Waals surface area contributed by atoms with Crippen molar-refractivity contribution in [2.75, 3.05) is 20.3 Å². The fourth-order valence-corrected chi connectivity index (χ4v) is 2.61. The van der Waals surface area contributed by atoms with Crippen LogP contribution in [0, 0.1) is 13.8 Å². The maximum absolute atomic E-state index is 5.03. The van der Waals surface area contributed by atoms with Crippen LogP contribution in [0.25, 0.3) is 11.4 Å². The minimum atomic E-state index is 0.702. The van der Waals surface area contributed by atoms with Crippen LogP contribution in [0.2, 0.25) is 0 Å². The van der Waals surface area contributed by atoms with Crippen molar-refractivity contribution in [3.8, 4) is 11.4 Å². The van der Waals surface area contributed by atoms with Gasteiger partial charge in [-0.1, -0.05) is 34.1 Å². The second kappa shape index (κ2) is 7.64. The Morgan fingerprint density at radius 2 is 1.81 bits per heavy atom. The van der Waals surface area contributed by atoms with Crippen molar-refractivity contribution in [3.05, 3.63) is 45.7 Å². The summed E-state index contributed by atoms with van der Waals surface area (Å²) in [6, 6.07) is 8.01. The van der Waals surface area contributed by atoms with Crippen LogP contribution in [0.5, 0.6) is 0 Å². The van der Waals surface area contributed by atoms with Crippen molar-refractivity contribution in [1.82, 2.24) is 15.3 Å². The van der Waals surface area contributed by atoms with Gasteiger partial charge in [0.1, 0.15) is 0 Å². The lowest BCUT2D eigenvalue weighted by atomic mass is 10.1. The molecule has 0 aliphatic carbocycles. The first-order valence-electron chi connectivity index (χ1n) is 6.92. The molecule has 0 atom stereocenters.